The van der Waals surface area contributed by atoms with Crippen molar-refractivity contribution in [3.05, 3.63) is 83.4 Å². The van der Waals surface area contributed by atoms with E-state index in [1.165, 1.54) is 9.30 Å². The van der Waals surface area contributed by atoms with Crippen LogP contribution in [0.3, 0.4) is 0 Å². The fraction of sp³-hybridized carbons (Fsp3) is 0.100. The van der Waals surface area contributed by atoms with E-state index < -0.39 is 5.69 Å². The SMILES string of the molecule is CN(C(=O)Cn1nc2nc(Nc3ccccc3)ccn2c1=O)c1ccccc1. The topological polar surface area (TPSA) is 84.5 Å². The molecule has 0 atom stereocenters. The van der Waals surface area contributed by atoms with Crippen LogP contribution in [-0.4, -0.2) is 32.1 Å². The van der Waals surface area contributed by atoms with Crippen molar-refractivity contribution in [2.24, 2.45) is 0 Å². The van der Waals surface area contributed by atoms with Crippen LogP contribution in [0.15, 0.2) is 77.7 Å². The number of fused-ring (bicyclic) bond motifs is 1. The van der Waals surface area contributed by atoms with Crippen molar-refractivity contribution in [3.63, 3.8) is 0 Å². The third-order valence-electron chi connectivity index (χ3n) is 4.30. The lowest BCUT2D eigenvalue weighted by Gasteiger charge is -2.16. The molecule has 0 aliphatic carbocycles. The van der Waals surface area contributed by atoms with Gasteiger partial charge in [-0.25, -0.2) is 13.9 Å². The van der Waals surface area contributed by atoms with Gasteiger partial charge in [-0.2, -0.15) is 4.98 Å². The summed E-state index contributed by atoms with van der Waals surface area (Å²) in [7, 11) is 1.67. The number of nitrogens with one attached hydrogen (secondary N) is 1. The zero-order valence-electron chi connectivity index (χ0n) is 15.2. The van der Waals surface area contributed by atoms with Gasteiger partial charge in [0.1, 0.15) is 12.4 Å². The normalized spacial score (nSPS) is 10.8. The van der Waals surface area contributed by atoms with Gasteiger partial charge < -0.3 is 10.2 Å². The van der Waals surface area contributed by atoms with Gasteiger partial charge in [0, 0.05) is 24.6 Å². The molecule has 140 valence electrons. The highest BCUT2D eigenvalue weighted by Gasteiger charge is 2.16. The number of hydrogen-bond donors (Lipinski definition) is 1. The lowest BCUT2D eigenvalue weighted by molar-refractivity contribution is -0.119. The Bertz CT molecular complexity index is 1170. The molecule has 2 heterocycles. The molecule has 1 amide bonds. The van der Waals surface area contributed by atoms with Crippen LogP contribution in [0.1, 0.15) is 0 Å². The molecule has 0 bridgehead atoms. The Kier molecular flexibility index (Phi) is 4.59. The fourth-order valence-electron chi connectivity index (χ4n) is 2.78. The highest BCUT2D eigenvalue weighted by molar-refractivity contribution is 5.92. The Labute approximate surface area is 160 Å². The summed E-state index contributed by atoms with van der Waals surface area (Å²) in [4.78, 5) is 30.9. The van der Waals surface area contributed by atoms with Crippen LogP contribution in [0.4, 0.5) is 17.2 Å². The first-order chi connectivity index (χ1) is 13.6. The third-order valence-corrected chi connectivity index (χ3v) is 4.30. The molecule has 2 aromatic carbocycles. The van der Waals surface area contributed by atoms with Gasteiger partial charge in [0.25, 0.3) is 5.78 Å². The Hall–Kier alpha value is -3.94. The summed E-state index contributed by atoms with van der Waals surface area (Å²) < 4.78 is 2.43. The van der Waals surface area contributed by atoms with Crippen LogP contribution >= 0.6 is 0 Å². The van der Waals surface area contributed by atoms with Gasteiger partial charge >= 0.3 is 5.69 Å². The van der Waals surface area contributed by atoms with Gasteiger partial charge in [0.15, 0.2) is 0 Å². The Morgan fingerprint density at radius 3 is 2.43 bits per heavy atom. The molecular weight excluding hydrogens is 356 g/mol. The number of hydrogen-bond acceptors (Lipinski definition) is 5. The second-order valence-electron chi connectivity index (χ2n) is 6.20. The minimum absolute atomic E-state index is 0.172. The maximum Gasteiger partial charge on any atom is 0.352 e. The van der Waals surface area contributed by atoms with Crippen molar-refractivity contribution < 1.29 is 4.79 Å². The standard InChI is InChI=1S/C20H18N6O2/c1-24(16-10-6-3-7-11-16)18(27)14-26-20(28)25-13-12-17(22-19(25)23-26)21-15-8-4-2-5-9-15/h2-13H,14H2,1H3,(H,21,22,23). The van der Waals surface area contributed by atoms with Crippen molar-refractivity contribution in [2.45, 2.75) is 6.54 Å². The van der Waals surface area contributed by atoms with E-state index in [-0.39, 0.29) is 18.2 Å². The van der Waals surface area contributed by atoms with Crippen LogP contribution < -0.4 is 15.9 Å². The van der Waals surface area contributed by atoms with Gasteiger partial charge in [0.2, 0.25) is 5.91 Å². The van der Waals surface area contributed by atoms with Crippen LogP contribution in [0.2, 0.25) is 0 Å². The minimum atomic E-state index is -0.413. The largest absolute Gasteiger partial charge is 0.352 e. The molecule has 0 saturated carbocycles. The Balaban J connectivity index is 1.57. The molecule has 0 unspecified atom stereocenters. The van der Waals surface area contributed by atoms with E-state index in [0.717, 1.165) is 16.1 Å². The van der Waals surface area contributed by atoms with Gasteiger partial charge in [-0.05, 0) is 30.3 Å². The summed E-state index contributed by atoms with van der Waals surface area (Å²) in [5, 5.41) is 7.35. The van der Waals surface area contributed by atoms with E-state index in [2.05, 4.69) is 15.4 Å². The number of carbonyl (C=O) groups is 1. The zero-order valence-corrected chi connectivity index (χ0v) is 15.2. The quantitative estimate of drug-likeness (QED) is 0.579. The molecule has 0 spiro atoms. The van der Waals surface area contributed by atoms with Gasteiger partial charge in [0.05, 0.1) is 0 Å². The number of benzene rings is 2. The lowest BCUT2D eigenvalue weighted by Crippen LogP contribution is -2.34. The molecule has 0 fully saturated rings. The van der Waals surface area contributed by atoms with E-state index in [9.17, 15) is 9.59 Å². The van der Waals surface area contributed by atoms with Crippen LogP contribution in [0.25, 0.3) is 5.78 Å². The first-order valence-corrected chi connectivity index (χ1v) is 8.72. The van der Waals surface area contributed by atoms with Crippen LogP contribution in [0, 0.1) is 0 Å². The van der Waals surface area contributed by atoms with Crippen molar-refractivity contribution >= 4 is 28.9 Å². The second-order valence-corrected chi connectivity index (χ2v) is 6.20. The smallest absolute Gasteiger partial charge is 0.340 e. The summed E-state index contributed by atoms with van der Waals surface area (Å²) in [5.41, 5.74) is 1.21. The number of amides is 1. The average molecular weight is 374 g/mol. The second kappa shape index (κ2) is 7.36. The predicted molar refractivity (Wildman–Crippen MR) is 107 cm³/mol. The number of rotatable bonds is 5. The highest BCUT2D eigenvalue weighted by Crippen LogP contribution is 2.14. The van der Waals surface area contributed by atoms with Crippen molar-refractivity contribution in [3.8, 4) is 0 Å². The summed E-state index contributed by atoms with van der Waals surface area (Å²) in [6, 6.07) is 20.5. The Morgan fingerprint density at radius 1 is 1.04 bits per heavy atom. The molecule has 28 heavy (non-hydrogen) atoms. The van der Waals surface area contributed by atoms with Gasteiger partial charge in [-0.15, -0.1) is 5.10 Å². The highest BCUT2D eigenvalue weighted by atomic mass is 16.2. The van der Waals surface area contributed by atoms with Crippen molar-refractivity contribution in [1.29, 1.82) is 0 Å². The van der Waals surface area contributed by atoms with Gasteiger partial charge in [-0.1, -0.05) is 36.4 Å². The summed E-state index contributed by atoms with van der Waals surface area (Å²) in [6.45, 7) is -0.172. The minimum Gasteiger partial charge on any atom is -0.340 e. The maximum absolute atomic E-state index is 12.5. The molecule has 8 heteroatoms. The number of nitrogens with zero attached hydrogens (tertiary/aromatic N) is 5. The molecule has 0 radical (unpaired) electrons. The summed E-state index contributed by atoms with van der Waals surface area (Å²) in [6.07, 6.45) is 1.59. The molecule has 1 N–H and O–H groups in total. The maximum atomic E-state index is 12.5. The number of para-hydroxylation sites is 2. The summed E-state index contributed by atoms with van der Waals surface area (Å²) >= 11 is 0. The lowest BCUT2D eigenvalue weighted by atomic mass is 10.3. The molecule has 2 aromatic heterocycles. The third kappa shape index (κ3) is 3.48. The monoisotopic (exact) mass is 374 g/mol. The van der Waals surface area contributed by atoms with Crippen molar-refractivity contribution in [1.82, 2.24) is 19.2 Å². The van der Waals surface area contributed by atoms with E-state index in [1.54, 1.807) is 19.3 Å². The van der Waals surface area contributed by atoms with E-state index in [0.29, 0.717) is 5.82 Å². The van der Waals surface area contributed by atoms with E-state index in [4.69, 9.17) is 0 Å². The van der Waals surface area contributed by atoms with Crippen molar-refractivity contribution in [2.75, 3.05) is 17.3 Å². The molecular formula is C20H18N6O2. The van der Waals surface area contributed by atoms with Gasteiger partial charge in [-0.3, -0.25) is 4.79 Å². The fourth-order valence-corrected chi connectivity index (χ4v) is 2.78. The first kappa shape index (κ1) is 17.5. The first-order valence-electron chi connectivity index (χ1n) is 8.72. The molecule has 0 saturated heterocycles. The molecule has 0 aliphatic rings. The number of aromatic nitrogens is 4. The summed E-state index contributed by atoms with van der Waals surface area (Å²) in [5.74, 6) is 0.531. The van der Waals surface area contributed by atoms with E-state index in [1.807, 2.05) is 60.7 Å². The van der Waals surface area contributed by atoms with Crippen LogP contribution in [-0.2, 0) is 11.3 Å². The molecule has 4 aromatic rings. The molecule has 0 aliphatic heterocycles. The number of likely N-dealkylation sites (N-methyl/N-ethyl adjacent to an activating group) is 1. The predicted octanol–water partition coefficient (Wildman–Crippen LogP) is 2.30. The zero-order chi connectivity index (χ0) is 19.5. The molecule has 8 nitrogen and oxygen atoms in total. The average Bonchev–Trinajstić information content (AvgIpc) is 3.03. The van der Waals surface area contributed by atoms with Crippen LogP contribution in [0.5, 0.6) is 0 Å². The van der Waals surface area contributed by atoms with E-state index >= 15 is 0 Å². The number of carbonyl (C=O) groups excluding carboxylic acids is 1. The number of anilines is 3. The Morgan fingerprint density at radius 2 is 1.71 bits per heavy atom. The molecule has 4 rings (SSSR count).